The van der Waals surface area contributed by atoms with Crippen molar-refractivity contribution in [1.29, 1.82) is 0 Å². The molecule has 10 aromatic rings. The molecular weight excluding hydrogens is 679 g/mol. The van der Waals surface area contributed by atoms with Gasteiger partial charge in [0.2, 0.25) is 0 Å². The SMILES string of the molecule is Cc1ccc2c(oc3ccccc32)c1N(c1cccc(C(C)C)c1)c1ccc2cc3c(cc2c1)-c1c-3c(-c2ccccc2)c2ccccc2c1-c1ccccc1. The van der Waals surface area contributed by atoms with Gasteiger partial charge in [0.1, 0.15) is 5.58 Å². The third-order valence-corrected chi connectivity index (χ3v) is 11.8. The molecule has 0 unspecified atom stereocenters. The first kappa shape index (κ1) is 32.5. The smallest absolute Gasteiger partial charge is 0.159 e. The van der Waals surface area contributed by atoms with Crippen LogP contribution in [0.1, 0.15) is 30.9 Å². The number of nitrogens with zero attached hydrogens (tertiary/aromatic N) is 1. The van der Waals surface area contributed by atoms with Gasteiger partial charge in [-0.3, -0.25) is 0 Å². The molecule has 0 N–H and O–H groups in total. The van der Waals surface area contributed by atoms with Crippen molar-refractivity contribution in [2.45, 2.75) is 26.7 Å². The van der Waals surface area contributed by atoms with E-state index in [4.69, 9.17) is 4.42 Å². The van der Waals surface area contributed by atoms with E-state index in [9.17, 15) is 0 Å². The molecule has 0 saturated heterocycles. The number of fused-ring (bicyclic) bond motifs is 9. The van der Waals surface area contributed by atoms with Gasteiger partial charge in [-0.2, -0.15) is 0 Å². The summed E-state index contributed by atoms with van der Waals surface area (Å²) in [5.41, 5.74) is 17.9. The lowest BCUT2D eigenvalue weighted by atomic mass is 9.70. The molecule has 0 fully saturated rings. The third kappa shape index (κ3) is 4.89. The molecule has 11 rings (SSSR count). The highest BCUT2D eigenvalue weighted by Crippen LogP contribution is 2.60. The van der Waals surface area contributed by atoms with Crippen LogP contribution < -0.4 is 4.90 Å². The van der Waals surface area contributed by atoms with Crippen molar-refractivity contribution in [3.8, 4) is 44.5 Å². The Labute approximate surface area is 326 Å². The standard InChI is InChI=1S/C54H39NO/c1-33(2)37-19-14-20-40(29-37)55(53-34(3)25-28-45-42-21-12-13-24-48(42)56-54(45)53)41-27-26-38-31-46-47(32-39(38)30-41)52-50(36-17-8-5-9-18-36)44-23-11-10-22-43(44)49(51(46)52)35-15-6-4-7-16-35/h4-33H,1-3H3. The first-order valence-corrected chi connectivity index (χ1v) is 19.6. The maximum Gasteiger partial charge on any atom is 0.159 e. The topological polar surface area (TPSA) is 16.4 Å². The van der Waals surface area contributed by atoms with E-state index in [0.29, 0.717) is 5.92 Å². The quantitative estimate of drug-likeness (QED) is 0.170. The zero-order valence-electron chi connectivity index (χ0n) is 31.7. The first-order valence-electron chi connectivity index (χ1n) is 19.6. The van der Waals surface area contributed by atoms with Gasteiger partial charge in [0.05, 0.1) is 5.69 Å². The zero-order chi connectivity index (χ0) is 37.5. The van der Waals surface area contributed by atoms with E-state index in [2.05, 4.69) is 196 Å². The molecule has 0 atom stereocenters. The Bertz CT molecular complexity index is 3170. The molecule has 0 amide bonds. The molecule has 1 heterocycles. The van der Waals surface area contributed by atoms with Crippen molar-refractivity contribution in [2.24, 2.45) is 0 Å². The zero-order valence-corrected chi connectivity index (χ0v) is 31.7. The van der Waals surface area contributed by atoms with Crippen LogP contribution in [0.15, 0.2) is 180 Å². The highest BCUT2D eigenvalue weighted by molar-refractivity contribution is 6.26. The van der Waals surface area contributed by atoms with E-state index in [-0.39, 0.29) is 0 Å². The fourth-order valence-corrected chi connectivity index (χ4v) is 9.14. The minimum absolute atomic E-state index is 0.395. The molecule has 2 heteroatoms. The van der Waals surface area contributed by atoms with Crippen LogP contribution in [0.3, 0.4) is 0 Å². The van der Waals surface area contributed by atoms with E-state index >= 15 is 0 Å². The molecular formula is C54H39NO. The van der Waals surface area contributed by atoms with E-state index in [0.717, 1.165) is 44.6 Å². The van der Waals surface area contributed by atoms with E-state index in [1.165, 1.54) is 71.6 Å². The lowest BCUT2D eigenvalue weighted by Gasteiger charge is -2.33. The Morgan fingerprint density at radius 1 is 0.446 bits per heavy atom. The Hall–Kier alpha value is -6.90. The van der Waals surface area contributed by atoms with Gasteiger partial charge in [-0.05, 0) is 132 Å². The molecule has 1 aromatic heterocycles. The van der Waals surface area contributed by atoms with Gasteiger partial charge in [-0.15, -0.1) is 0 Å². The van der Waals surface area contributed by atoms with Crippen LogP contribution in [0.2, 0.25) is 0 Å². The molecule has 0 aliphatic heterocycles. The average Bonchev–Trinajstić information content (AvgIpc) is 3.62. The monoisotopic (exact) mass is 717 g/mol. The molecule has 0 spiro atoms. The van der Waals surface area contributed by atoms with Crippen molar-refractivity contribution in [2.75, 3.05) is 4.90 Å². The Morgan fingerprint density at radius 2 is 1.04 bits per heavy atom. The van der Waals surface area contributed by atoms with Gasteiger partial charge in [-0.25, -0.2) is 0 Å². The maximum atomic E-state index is 6.73. The van der Waals surface area contributed by atoms with Crippen LogP contribution in [0.5, 0.6) is 0 Å². The highest BCUT2D eigenvalue weighted by Gasteiger charge is 2.33. The number of aryl methyl sites for hydroxylation is 1. The van der Waals surface area contributed by atoms with Gasteiger partial charge in [0.15, 0.2) is 5.58 Å². The minimum atomic E-state index is 0.395. The minimum Gasteiger partial charge on any atom is -0.454 e. The second-order valence-corrected chi connectivity index (χ2v) is 15.5. The molecule has 2 nitrogen and oxygen atoms in total. The van der Waals surface area contributed by atoms with Crippen LogP contribution in [0, 0.1) is 6.92 Å². The van der Waals surface area contributed by atoms with Crippen LogP contribution in [-0.2, 0) is 0 Å². The van der Waals surface area contributed by atoms with E-state index in [1.807, 2.05) is 6.07 Å². The van der Waals surface area contributed by atoms with Crippen molar-refractivity contribution in [3.63, 3.8) is 0 Å². The number of furan rings is 1. The fourth-order valence-electron chi connectivity index (χ4n) is 9.14. The van der Waals surface area contributed by atoms with Gasteiger partial charge in [-0.1, -0.05) is 147 Å². The van der Waals surface area contributed by atoms with Crippen molar-refractivity contribution in [3.05, 3.63) is 187 Å². The lowest BCUT2D eigenvalue weighted by Crippen LogP contribution is -2.12. The second-order valence-electron chi connectivity index (χ2n) is 15.5. The summed E-state index contributed by atoms with van der Waals surface area (Å²) in [5.74, 6) is 0.395. The fraction of sp³-hybridized carbons (Fsp3) is 0.0741. The first-order chi connectivity index (χ1) is 27.5. The molecule has 1 aliphatic rings. The van der Waals surface area contributed by atoms with Crippen LogP contribution in [-0.4, -0.2) is 0 Å². The van der Waals surface area contributed by atoms with Crippen molar-refractivity contribution in [1.82, 2.24) is 0 Å². The predicted octanol–water partition coefficient (Wildman–Crippen LogP) is 15.8. The molecule has 0 saturated carbocycles. The van der Waals surface area contributed by atoms with E-state index in [1.54, 1.807) is 0 Å². The summed E-state index contributed by atoms with van der Waals surface area (Å²) < 4.78 is 6.73. The molecule has 0 radical (unpaired) electrons. The predicted molar refractivity (Wildman–Crippen MR) is 238 cm³/mol. The van der Waals surface area contributed by atoms with Gasteiger partial charge >= 0.3 is 0 Å². The normalized spacial score (nSPS) is 12.0. The largest absolute Gasteiger partial charge is 0.454 e. The van der Waals surface area contributed by atoms with E-state index < -0.39 is 0 Å². The second kappa shape index (κ2) is 12.6. The number of para-hydroxylation sites is 1. The number of benzene rings is 9. The summed E-state index contributed by atoms with van der Waals surface area (Å²) in [5, 5.41) is 7.25. The van der Waals surface area contributed by atoms with Crippen molar-refractivity contribution >= 4 is 60.5 Å². The molecule has 266 valence electrons. The summed E-state index contributed by atoms with van der Waals surface area (Å²) in [6.07, 6.45) is 0. The van der Waals surface area contributed by atoms with Crippen LogP contribution in [0.4, 0.5) is 17.1 Å². The summed E-state index contributed by atoms with van der Waals surface area (Å²) >= 11 is 0. The Kier molecular flexibility index (Phi) is 7.31. The number of hydrogen-bond donors (Lipinski definition) is 0. The summed E-state index contributed by atoms with van der Waals surface area (Å²) in [4.78, 5) is 2.41. The lowest BCUT2D eigenvalue weighted by molar-refractivity contribution is 0.668. The number of anilines is 3. The van der Waals surface area contributed by atoms with Gasteiger partial charge < -0.3 is 9.32 Å². The van der Waals surface area contributed by atoms with Crippen LogP contribution in [0.25, 0.3) is 88.0 Å². The Balaban J connectivity index is 1.17. The number of rotatable bonds is 6. The molecule has 9 aromatic carbocycles. The third-order valence-electron chi connectivity index (χ3n) is 11.8. The van der Waals surface area contributed by atoms with Gasteiger partial charge in [0.25, 0.3) is 0 Å². The van der Waals surface area contributed by atoms with Crippen LogP contribution >= 0.6 is 0 Å². The molecule has 0 bridgehead atoms. The summed E-state index contributed by atoms with van der Waals surface area (Å²) in [6, 6.07) is 64.4. The summed E-state index contributed by atoms with van der Waals surface area (Å²) in [7, 11) is 0. The maximum absolute atomic E-state index is 6.73. The number of hydrogen-bond acceptors (Lipinski definition) is 2. The molecule has 1 aliphatic carbocycles. The highest BCUT2D eigenvalue weighted by atomic mass is 16.3. The van der Waals surface area contributed by atoms with Gasteiger partial charge in [0, 0.05) is 22.1 Å². The Morgan fingerprint density at radius 3 is 1.70 bits per heavy atom. The average molecular weight is 718 g/mol. The molecule has 56 heavy (non-hydrogen) atoms. The van der Waals surface area contributed by atoms with Crippen molar-refractivity contribution < 1.29 is 4.42 Å². The summed E-state index contributed by atoms with van der Waals surface area (Å²) in [6.45, 7) is 6.72.